The van der Waals surface area contributed by atoms with Crippen molar-refractivity contribution in [3.05, 3.63) is 63.6 Å². The quantitative estimate of drug-likeness (QED) is 0.810. The summed E-state index contributed by atoms with van der Waals surface area (Å²) in [5, 5.41) is 3.14. The Morgan fingerprint density at radius 1 is 1.14 bits per heavy atom. The number of nitrogens with one attached hydrogen (secondary N) is 1. The van der Waals surface area contributed by atoms with E-state index in [1.807, 2.05) is 18.2 Å². The van der Waals surface area contributed by atoms with Crippen molar-refractivity contribution in [3.63, 3.8) is 0 Å². The van der Waals surface area contributed by atoms with Gasteiger partial charge in [0.1, 0.15) is 11.6 Å². The molecule has 1 atom stereocenters. The third-order valence-corrected chi connectivity index (χ3v) is 3.96. The molecular formula is C16H16BrF2NO. The molecule has 2 aromatic carbocycles. The Kier molecular flexibility index (Phi) is 5.31. The molecule has 0 saturated carbocycles. The minimum Gasteiger partial charge on any atom is -0.380 e. The number of methoxy groups -OCH3 is 1. The summed E-state index contributed by atoms with van der Waals surface area (Å²) in [7, 11) is 1.60. The molecule has 2 nitrogen and oxygen atoms in total. The topological polar surface area (TPSA) is 21.3 Å². The Labute approximate surface area is 131 Å². The maximum absolute atomic E-state index is 13.8. The standard InChI is InChI=1S/C16H16BrF2NO/c1-10(16-13(18)6-4-7-14(16)19)20-15-8-3-5-12(17)11(15)9-21-2/h3-8,10,20H,9H2,1-2H3. The van der Waals surface area contributed by atoms with Crippen molar-refractivity contribution in [1.29, 1.82) is 0 Å². The van der Waals surface area contributed by atoms with E-state index in [1.165, 1.54) is 18.2 Å². The Hall–Kier alpha value is -1.46. The third-order valence-electron chi connectivity index (χ3n) is 3.21. The highest BCUT2D eigenvalue weighted by Gasteiger charge is 2.17. The summed E-state index contributed by atoms with van der Waals surface area (Å²) >= 11 is 3.46. The average molecular weight is 356 g/mol. The maximum Gasteiger partial charge on any atom is 0.131 e. The van der Waals surface area contributed by atoms with Crippen molar-refractivity contribution in [2.45, 2.75) is 19.6 Å². The first-order valence-electron chi connectivity index (χ1n) is 6.51. The number of benzene rings is 2. The van der Waals surface area contributed by atoms with E-state index in [0.29, 0.717) is 6.61 Å². The van der Waals surface area contributed by atoms with Crippen molar-refractivity contribution in [1.82, 2.24) is 0 Å². The molecule has 1 N–H and O–H groups in total. The van der Waals surface area contributed by atoms with Crippen LogP contribution >= 0.6 is 15.9 Å². The molecule has 2 rings (SSSR count). The average Bonchev–Trinajstić information content (AvgIpc) is 2.42. The lowest BCUT2D eigenvalue weighted by Crippen LogP contribution is -2.12. The van der Waals surface area contributed by atoms with Gasteiger partial charge in [-0.1, -0.05) is 28.1 Å². The summed E-state index contributed by atoms with van der Waals surface area (Å²) in [5.41, 5.74) is 1.71. The van der Waals surface area contributed by atoms with Crippen LogP contribution in [0.3, 0.4) is 0 Å². The van der Waals surface area contributed by atoms with Gasteiger partial charge in [-0.3, -0.25) is 0 Å². The molecule has 0 aromatic heterocycles. The summed E-state index contributed by atoms with van der Waals surface area (Å²) in [6, 6.07) is 8.98. The van der Waals surface area contributed by atoms with Crippen LogP contribution in [-0.2, 0) is 11.3 Å². The monoisotopic (exact) mass is 355 g/mol. The molecule has 0 spiro atoms. The van der Waals surface area contributed by atoms with E-state index in [4.69, 9.17) is 4.74 Å². The van der Waals surface area contributed by atoms with Gasteiger partial charge in [-0.2, -0.15) is 0 Å². The molecule has 0 aliphatic rings. The van der Waals surface area contributed by atoms with Crippen LogP contribution in [-0.4, -0.2) is 7.11 Å². The highest BCUT2D eigenvalue weighted by Crippen LogP contribution is 2.30. The number of hydrogen-bond acceptors (Lipinski definition) is 2. The fourth-order valence-corrected chi connectivity index (χ4v) is 2.70. The van der Waals surface area contributed by atoms with Gasteiger partial charge in [-0.15, -0.1) is 0 Å². The van der Waals surface area contributed by atoms with Gasteiger partial charge >= 0.3 is 0 Å². The second-order valence-corrected chi connectivity index (χ2v) is 5.55. The molecular weight excluding hydrogens is 340 g/mol. The predicted molar refractivity (Wildman–Crippen MR) is 83.3 cm³/mol. The number of anilines is 1. The van der Waals surface area contributed by atoms with Crippen LogP contribution < -0.4 is 5.32 Å². The molecule has 0 aliphatic heterocycles. The SMILES string of the molecule is COCc1c(Br)cccc1NC(C)c1c(F)cccc1F. The summed E-state index contributed by atoms with van der Waals surface area (Å²) in [6.45, 7) is 2.12. The number of rotatable bonds is 5. The lowest BCUT2D eigenvalue weighted by molar-refractivity contribution is 0.185. The zero-order chi connectivity index (χ0) is 15.4. The molecule has 1 unspecified atom stereocenters. The zero-order valence-corrected chi connectivity index (χ0v) is 13.4. The molecule has 5 heteroatoms. The predicted octanol–water partition coefficient (Wildman–Crippen LogP) is 5.05. The van der Waals surface area contributed by atoms with Gasteiger partial charge in [0.05, 0.1) is 12.6 Å². The molecule has 112 valence electrons. The normalized spacial score (nSPS) is 12.2. The minimum absolute atomic E-state index is 0.0286. The van der Waals surface area contributed by atoms with Crippen LogP contribution in [0.25, 0.3) is 0 Å². The van der Waals surface area contributed by atoms with Crippen LogP contribution in [0.4, 0.5) is 14.5 Å². The van der Waals surface area contributed by atoms with Crippen LogP contribution in [0.1, 0.15) is 24.1 Å². The summed E-state index contributed by atoms with van der Waals surface area (Å²) in [5.74, 6) is -1.11. The molecule has 0 amide bonds. The van der Waals surface area contributed by atoms with Gasteiger partial charge in [-0.05, 0) is 31.2 Å². The molecule has 0 bridgehead atoms. The van der Waals surface area contributed by atoms with Crippen molar-refractivity contribution in [3.8, 4) is 0 Å². The lowest BCUT2D eigenvalue weighted by atomic mass is 10.1. The second-order valence-electron chi connectivity index (χ2n) is 4.70. The van der Waals surface area contributed by atoms with Crippen LogP contribution in [0.15, 0.2) is 40.9 Å². The van der Waals surface area contributed by atoms with E-state index >= 15 is 0 Å². The largest absolute Gasteiger partial charge is 0.380 e. The number of halogens is 3. The van der Waals surface area contributed by atoms with Crippen molar-refractivity contribution in [2.24, 2.45) is 0 Å². The molecule has 0 radical (unpaired) electrons. The van der Waals surface area contributed by atoms with E-state index in [0.717, 1.165) is 15.7 Å². The van der Waals surface area contributed by atoms with Crippen LogP contribution in [0.2, 0.25) is 0 Å². The molecule has 0 aliphatic carbocycles. The Bertz CT molecular complexity index is 613. The van der Waals surface area contributed by atoms with Gasteiger partial charge in [0.15, 0.2) is 0 Å². The van der Waals surface area contributed by atoms with Gasteiger partial charge in [0, 0.05) is 28.4 Å². The first-order chi connectivity index (χ1) is 10.0. The van der Waals surface area contributed by atoms with Gasteiger partial charge in [-0.25, -0.2) is 8.78 Å². The van der Waals surface area contributed by atoms with Crippen molar-refractivity contribution < 1.29 is 13.5 Å². The van der Waals surface area contributed by atoms with Gasteiger partial charge in [0.25, 0.3) is 0 Å². The first kappa shape index (κ1) is 15.9. The van der Waals surface area contributed by atoms with Gasteiger partial charge in [0.2, 0.25) is 0 Å². The molecule has 0 fully saturated rings. The van der Waals surface area contributed by atoms with E-state index in [-0.39, 0.29) is 5.56 Å². The lowest BCUT2D eigenvalue weighted by Gasteiger charge is -2.20. The van der Waals surface area contributed by atoms with E-state index in [2.05, 4.69) is 21.2 Å². The summed E-state index contributed by atoms with van der Waals surface area (Å²) in [4.78, 5) is 0. The summed E-state index contributed by atoms with van der Waals surface area (Å²) < 4.78 is 33.7. The third kappa shape index (κ3) is 3.60. The van der Waals surface area contributed by atoms with Gasteiger partial charge < -0.3 is 10.1 Å². The molecule has 0 heterocycles. The van der Waals surface area contributed by atoms with Crippen LogP contribution in [0.5, 0.6) is 0 Å². The van der Waals surface area contributed by atoms with Crippen molar-refractivity contribution in [2.75, 3.05) is 12.4 Å². The highest BCUT2D eigenvalue weighted by atomic mass is 79.9. The van der Waals surface area contributed by atoms with E-state index in [1.54, 1.807) is 14.0 Å². The van der Waals surface area contributed by atoms with Crippen molar-refractivity contribution >= 4 is 21.6 Å². The number of ether oxygens (including phenoxy) is 1. The Balaban J connectivity index is 2.32. The number of hydrogen-bond donors (Lipinski definition) is 1. The Morgan fingerprint density at radius 3 is 2.38 bits per heavy atom. The van der Waals surface area contributed by atoms with E-state index < -0.39 is 17.7 Å². The second kappa shape index (κ2) is 7.00. The van der Waals surface area contributed by atoms with Crippen LogP contribution in [0, 0.1) is 11.6 Å². The Morgan fingerprint density at radius 2 is 1.76 bits per heavy atom. The fraction of sp³-hybridized carbons (Fsp3) is 0.250. The minimum atomic E-state index is -0.557. The summed E-state index contributed by atoms with van der Waals surface area (Å²) in [6.07, 6.45) is 0. The molecule has 0 saturated heterocycles. The fourth-order valence-electron chi connectivity index (χ4n) is 2.21. The highest BCUT2D eigenvalue weighted by molar-refractivity contribution is 9.10. The smallest absolute Gasteiger partial charge is 0.131 e. The molecule has 21 heavy (non-hydrogen) atoms. The zero-order valence-electron chi connectivity index (χ0n) is 11.8. The first-order valence-corrected chi connectivity index (χ1v) is 7.30. The van der Waals surface area contributed by atoms with E-state index in [9.17, 15) is 8.78 Å². The maximum atomic E-state index is 13.8. The molecule has 2 aromatic rings.